The fourth-order valence-electron chi connectivity index (χ4n) is 3.32. The molecule has 0 amide bonds. The normalized spacial score (nSPS) is 14.3. The summed E-state index contributed by atoms with van der Waals surface area (Å²) >= 11 is 5.34. The van der Waals surface area contributed by atoms with Gasteiger partial charge in [0.25, 0.3) is 0 Å². The molecule has 0 unspecified atom stereocenters. The van der Waals surface area contributed by atoms with E-state index in [2.05, 4.69) is 10.6 Å². The molecule has 3 rings (SSSR count). The third-order valence-corrected chi connectivity index (χ3v) is 7.12. The Bertz CT molecular complexity index is 972. The second kappa shape index (κ2) is 10.1. The van der Waals surface area contributed by atoms with E-state index in [0.29, 0.717) is 41.1 Å². The van der Waals surface area contributed by atoms with Crippen LogP contribution in [0.2, 0.25) is 0 Å². The highest BCUT2D eigenvalue weighted by molar-refractivity contribution is 7.89. The Hall–Kier alpha value is -2.36. The van der Waals surface area contributed by atoms with E-state index >= 15 is 0 Å². The molecule has 0 bridgehead atoms. The van der Waals surface area contributed by atoms with E-state index in [-0.39, 0.29) is 0 Å². The van der Waals surface area contributed by atoms with Gasteiger partial charge in [-0.25, -0.2) is 8.42 Å². The summed E-state index contributed by atoms with van der Waals surface area (Å²) in [7, 11) is -0.181. The summed E-state index contributed by atoms with van der Waals surface area (Å²) in [6.07, 6.45) is 2.60. The van der Waals surface area contributed by atoms with E-state index in [9.17, 15) is 8.42 Å². The number of ether oxygens (including phenoxy) is 2. The van der Waals surface area contributed by atoms with Crippen LogP contribution in [0, 0.1) is 0 Å². The molecule has 0 aliphatic carbocycles. The zero-order valence-corrected chi connectivity index (χ0v) is 18.8. The third kappa shape index (κ3) is 5.41. The molecular weight excluding hydrogens is 422 g/mol. The van der Waals surface area contributed by atoms with Crippen LogP contribution in [0.15, 0.2) is 47.4 Å². The summed E-state index contributed by atoms with van der Waals surface area (Å²) in [6.45, 7) is 1.83. The van der Waals surface area contributed by atoms with E-state index in [1.54, 1.807) is 38.5 Å². The highest BCUT2D eigenvalue weighted by atomic mass is 32.2. The van der Waals surface area contributed by atoms with E-state index in [4.69, 9.17) is 21.7 Å². The topological polar surface area (TPSA) is 79.9 Å². The monoisotopic (exact) mass is 449 g/mol. The molecule has 1 saturated heterocycles. The molecule has 0 spiro atoms. The molecular formula is C21H27N3O4S2. The van der Waals surface area contributed by atoms with E-state index in [0.717, 1.165) is 30.5 Å². The molecule has 30 heavy (non-hydrogen) atoms. The number of methoxy groups -OCH3 is 2. The summed E-state index contributed by atoms with van der Waals surface area (Å²) in [5.74, 6) is 1.39. The molecule has 1 aliphatic rings. The predicted molar refractivity (Wildman–Crippen MR) is 122 cm³/mol. The average Bonchev–Trinajstić information content (AvgIpc) is 3.30. The van der Waals surface area contributed by atoms with Gasteiger partial charge in [0.2, 0.25) is 10.0 Å². The molecule has 1 fully saturated rings. The van der Waals surface area contributed by atoms with Crippen LogP contribution >= 0.6 is 12.2 Å². The molecule has 0 radical (unpaired) electrons. The summed E-state index contributed by atoms with van der Waals surface area (Å²) in [4.78, 5) is 0.308. The maximum atomic E-state index is 12.6. The highest BCUT2D eigenvalue weighted by Crippen LogP contribution is 2.27. The quantitative estimate of drug-likeness (QED) is 0.600. The third-order valence-electron chi connectivity index (χ3n) is 4.96. The lowest BCUT2D eigenvalue weighted by atomic mass is 10.1. The van der Waals surface area contributed by atoms with Crippen LogP contribution in [-0.2, 0) is 16.4 Å². The van der Waals surface area contributed by atoms with Gasteiger partial charge in [0.15, 0.2) is 16.6 Å². The number of anilines is 1. The first kappa shape index (κ1) is 22.3. The Morgan fingerprint density at radius 3 is 2.33 bits per heavy atom. The van der Waals surface area contributed by atoms with Crippen LogP contribution in [0.25, 0.3) is 0 Å². The van der Waals surface area contributed by atoms with Crippen molar-refractivity contribution in [2.75, 3.05) is 39.2 Å². The van der Waals surface area contributed by atoms with Gasteiger partial charge >= 0.3 is 0 Å². The minimum absolute atomic E-state index is 0.308. The lowest BCUT2D eigenvalue weighted by molar-refractivity contribution is 0.354. The number of hydrogen-bond acceptors (Lipinski definition) is 5. The van der Waals surface area contributed by atoms with E-state index in [1.165, 1.54) is 4.31 Å². The maximum absolute atomic E-state index is 12.6. The molecule has 0 atom stereocenters. The Balaban J connectivity index is 1.50. The van der Waals surface area contributed by atoms with Crippen molar-refractivity contribution in [3.05, 3.63) is 48.0 Å². The second-order valence-corrected chi connectivity index (χ2v) is 9.30. The first-order valence-electron chi connectivity index (χ1n) is 9.80. The van der Waals surface area contributed by atoms with Gasteiger partial charge in [-0.2, -0.15) is 4.31 Å². The first-order chi connectivity index (χ1) is 14.4. The number of nitrogens with zero attached hydrogens (tertiary/aromatic N) is 1. The number of thiocarbonyl (C=S) groups is 1. The summed E-state index contributed by atoms with van der Waals surface area (Å²) in [5.41, 5.74) is 1.83. The van der Waals surface area contributed by atoms with Gasteiger partial charge in [0, 0.05) is 25.3 Å². The van der Waals surface area contributed by atoms with Crippen molar-refractivity contribution < 1.29 is 17.9 Å². The largest absolute Gasteiger partial charge is 0.493 e. The van der Waals surface area contributed by atoms with Crippen molar-refractivity contribution in [2.45, 2.75) is 24.2 Å². The molecule has 0 saturated carbocycles. The lowest BCUT2D eigenvalue weighted by Crippen LogP contribution is -2.30. The Labute approximate surface area is 183 Å². The van der Waals surface area contributed by atoms with Gasteiger partial charge in [-0.1, -0.05) is 6.07 Å². The molecule has 9 heteroatoms. The lowest BCUT2D eigenvalue weighted by Gasteiger charge is -2.16. The van der Waals surface area contributed by atoms with Gasteiger partial charge < -0.3 is 20.1 Å². The van der Waals surface area contributed by atoms with Gasteiger partial charge in [-0.05, 0) is 73.4 Å². The summed E-state index contributed by atoms with van der Waals surface area (Å²) in [6, 6.07) is 12.5. The van der Waals surface area contributed by atoms with Crippen molar-refractivity contribution in [1.82, 2.24) is 9.62 Å². The Kier molecular flexibility index (Phi) is 7.52. The number of rotatable bonds is 8. The highest BCUT2D eigenvalue weighted by Gasteiger charge is 2.26. The van der Waals surface area contributed by atoms with Crippen molar-refractivity contribution in [3.63, 3.8) is 0 Å². The molecule has 2 N–H and O–H groups in total. The van der Waals surface area contributed by atoms with Gasteiger partial charge in [-0.15, -0.1) is 0 Å². The van der Waals surface area contributed by atoms with Gasteiger partial charge in [0.05, 0.1) is 19.1 Å². The molecule has 7 nitrogen and oxygen atoms in total. The van der Waals surface area contributed by atoms with Crippen LogP contribution in [0.3, 0.4) is 0 Å². The summed E-state index contributed by atoms with van der Waals surface area (Å²) < 4.78 is 37.3. The fourth-order valence-corrected chi connectivity index (χ4v) is 5.06. The molecule has 0 aromatic heterocycles. The van der Waals surface area contributed by atoms with Crippen molar-refractivity contribution >= 4 is 33.0 Å². The molecule has 1 heterocycles. The number of sulfonamides is 1. The zero-order chi connectivity index (χ0) is 21.6. The van der Waals surface area contributed by atoms with Crippen LogP contribution in [-0.4, -0.2) is 51.7 Å². The minimum atomic E-state index is -3.40. The Morgan fingerprint density at radius 2 is 1.70 bits per heavy atom. The van der Waals surface area contributed by atoms with Crippen LogP contribution in [0.1, 0.15) is 18.4 Å². The number of benzene rings is 2. The van der Waals surface area contributed by atoms with Gasteiger partial charge in [-0.3, -0.25) is 0 Å². The smallest absolute Gasteiger partial charge is 0.243 e. The second-order valence-electron chi connectivity index (χ2n) is 6.96. The molecule has 1 aliphatic heterocycles. The van der Waals surface area contributed by atoms with E-state index < -0.39 is 10.0 Å². The Morgan fingerprint density at radius 1 is 1.03 bits per heavy atom. The van der Waals surface area contributed by atoms with Crippen LogP contribution in [0.5, 0.6) is 11.5 Å². The average molecular weight is 450 g/mol. The first-order valence-corrected chi connectivity index (χ1v) is 11.6. The fraction of sp³-hybridized carbons (Fsp3) is 0.381. The van der Waals surface area contributed by atoms with Crippen molar-refractivity contribution in [3.8, 4) is 11.5 Å². The standard InChI is InChI=1S/C21H27N3O4S2/c1-27-19-10-5-16(15-20(19)28-2)11-12-22-21(29)23-17-6-8-18(9-7-17)30(25,26)24-13-3-4-14-24/h5-10,15H,3-4,11-14H2,1-2H3,(H2,22,23,29). The van der Waals surface area contributed by atoms with Crippen LogP contribution in [0.4, 0.5) is 5.69 Å². The number of nitrogens with one attached hydrogen (secondary N) is 2. The van der Waals surface area contributed by atoms with E-state index in [1.807, 2.05) is 18.2 Å². The SMILES string of the molecule is COc1ccc(CCNC(=S)Nc2ccc(S(=O)(=O)N3CCCC3)cc2)cc1OC. The van der Waals surface area contributed by atoms with Crippen molar-refractivity contribution in [2.24, 2.45) is 0 Å². The van der Waals surface area contributed by atoms with Gasteiger partial charge in [0.1, 0.15) is 0 Å². The predicted octanol–water partition coefficient (Wildman–Crippen LogP) is 3.02. The van der Waals surface area contributed by atoms with Crippen LogP contribution < -0.4 is 20.1 Å². The molecule has 162 valence electrons. The molecule has 2 aromatic carbocycles. The maximum Gasteiger partial charge on any atom is 0.243 e. The minimum Gasteiger partial charge on any atom is -0.493 e. The zero-order valence-electron chi connectivity index (χ0n) is 17.2. The van der Waals surface area contributed by atoms with Crippen molar-refractivity contribution in [1.29, 1.82) is 0 Å². The summed E-state index contributed by atoms with van der Waals surface area (Å²) in [5, 5.41) is 6.72. The molecule has 2 aromatic rings. The number of hydrogen-bond donors (Lipinski definition) is 2.